The minimum atomic E-state index is -4.52. The summed E-state index contributed by atoms with van der Waals surface area (Å²) in [6.45, 7) is 9.02. The van der Waals surface area contributed by atoms with Gasteiger partial charge < -0.3 is 24.6 Å². The van der Waals surface area contributed by atoms with Crippen molar-refractivity contribution in [2.75, 3.05) is 31.1 Å². The molecule has 3 heterocycles. The highest BCUT2D eigenvalue weighted by Gasteiger charge is 2.38. The van der Waals surface area contributed by atoms with E-state index in [1.807, 2.05) is 9.80 Å². The number of alkyl carbamates (subject to hydrolysis) is 1. The minimum Gasteiger partial charge on any atom is -0.444 e. The Morgan fingerprint density at radius 1 is 1.15 bits per heavy atom. The number of anilines is 1. The molecule has 12 heteroatoms. The summed E-state index contributed by atoms with van der Waals surface area (Å²) in [6, 6.07) is -0.276. The van der Waals surface area contributed by atoms with Crippen molar-refractivity contribution in [2.24, 2.45) is 0 Å². The number of aromatic nitrogens is 2. The fourth-order valence-electron chi connectivity index (χ4n) is 4.04. The van der Waals surface area contributed by atoms with Gasteiger partial charge in [0.25, 0.3) is 5.91 Å². The van der Waals surface area contributed by atoms with Gasteiger partial charge in [0.05, 0.1) is 25.0 Å². The highest BCUT2D eigenvalue weighted by Crippen LogP contribution is 2.29. The summed E-state index contributed by atoms with van der Waals surface area (Å²) in [4.78, 5) is 35.8. The predicted octanol–water partition coefficient (Wildman–Crippen LogP) is 2.99. The molecule has 3 rings (SSSR count). The molecule has 0 aliphatic carbocycles. The van der Waals surface area contributed by atoms with Crippen LogP contribution in [0.1, 0.15) is 52.7 Å². The average molecular weight is 488 g/mol. The standard InChI is InChI=1S/C22H32F3N5O4/c1-14(28-20(32)34-21(2,3)4)13-33-16-7-10-30(19(16)31)15-5-8-29(9-6-15)18-12-26-17(11-27-18)22(23,24)25/h11-12,14-16H,5-10,13H2,1-4H3,(H,28,32)/t14-,16?/m0/s1. The molecule has 1 N–H and O–H groups in total. The Morgan fingerprint density at radius 2 is 1.82 bits per heavy atom. The first kappa shape index (κ1) is 26.0. The van der Waals surface area contributed by atoms with E-state index < -0.39 is 29.7 Å². The van der Waals surface area contributed by atoms with Gasteiger partial charge in [0.2, 0.25) is 0 Å². The van der Waals surface area contributed by atoms with E-state index in [1.54, 1.807) is 27.7 Å². The molecule has 9 nitrogen and oxygen atoms in total. The third-order valence-electron chi connectivity index (χ3n) is 5.66. The summed E-state index contributed by atoms with van der Waals surface area (Å²) in [5, 5.41) is 2.69. The normalized spacial score (nSPS) is 21.0. The van der Waals surface area contributed by atoms with Crippen molar-refractivity contribution in [3.05, 3.63) is 18.1 Å². The van der Waals surface area contributed by atoms with Crippen molar-refractivity contribution >= 4 is 17.8 Å². The van der Waals surface area contributed by atoms with Crippen LogP contribution in [0.2, 0.25) is 0 Å². The summed E-state index contributed by atoms with van der Waals surface area (Å²) in [6.07, 6.45) is -1.80. The fourth-order valence-corrected chi connectivity index (χ4v) is 4.04. The number of piperidine rings is 1. The van der Waals surface area contributed by atoms with Gasteiger partial charge in [0.15, 0.2) is 5.69 Å². The molecule has 2 aliphatic rings. The van der Waals surface area contributed by atoms with Crippen molar-refractivity contribution < 1.29 is 32.2 Å². The highest BCUT2D eigenvalue weighted by molar-refractivity contribution is 5.83. The maximum absolute atomic E-state index is 12.9. The first-order valence-corrected chi connectivity index (χ1v) is 11.4. The van der Waals surface area contributed by atoms with Crippen LogP contribution in [0.15, 0.2) is 12.4 Å². The molecule has 1 aromatic rings. The van der Waals surface area contributed by atoms with Gasteiger partial charge in [-0.1, -0.05) is 0 Å². The number of carbonyl (C=O) groups excluding carboxylic acids is 2. The Balaban J connectivity index is 1.43. The molecule has 0 bridgehead atoms. The molecule has 2 fully saturated rings. The largest absolute Gasteiger partial charge is 0.444 e. The van der Waals surface area contributed by atoms with Gasteiger partial charge >= 0.3 is 12.3 Å². The number of rotatable bonds is 6. The van der Waals surface area contributed by atoms with Crippen molar-refractivity contribution in [3.8, 4) is 0 Å². The van der Waals surface area contributed by atoms with E-state index in [1.165, 1.54) is 0 Å². The van der Waals surface area contributed by atoms with E-state index >= 15 is 0 Å². The number of halogens is 3. The molecule has 34 heavy (non-hydrogen) atoms. The highest BCUT2D eigenvalue weighted by atomic mass is 19.4. The van der Waals surface area contributed by atoms with Gasteiger partial charge in [0, 0.05) is 32.1 Å². The lowest BCUT2D eigenvalue weighted by molar-refractivity contribution is -0.141. The smallest absolute Gasteiger partial charge is 0.434 e. The van der Waals surface area contributed by atoms with Crippen LogP contribution in [0, 0.1) is 0 Å². The lowest BCUT2D eigenvalue weighted by Gasteiger charge is -2.37. The molecule has 0 aromatic carbocycles. The zero-order valence-electron chi connectivity index (χ0n) is 19.9. The first-order chi connectivity index (χ1) is 15.8. The van der Waals surface area contributed by atoms with E-state index in [4.69, 9.17) is 9.47 Å². The van der Waals surface area contributed by atoms with Crippen molar-refractivity contribution in [2.45, 2.75) is 76.9 Å². The van der Waals surface area contributed by atoms with Crippen molar-refractivity contribution in [1.29, 1.82) is 0 Å². The molecule has 1 aromatic heterocycles. The van der Waals surface area contributed by atoms with Gasteiger partial charge in [-0.2, -0.15) is 13.2 Å². The topological polar surface area (TPSA) is 96.9 Å². The number of ether oxygens (including phenoxy) is 2. The molecule has 2 atom stereocenters. The molecule has 0 spiro atoms. The zero-order chi connectivity index (χ0) is 25.1. The number of nitrogens with one attached hydrogen (secondary N) is 1. The third kappa shape index (κ3) is 6.94. The summed E-state index contributed by atoms with van der Waals surface area (Å²) in [5.74, 6) is 0.323. The van der Waals surface area contributed by atoms with Crippen LogP contribution in [0.3, 0.4) is 0 Å². The van der Waals surface area contributed by atoms with Gasteiger partial charge in [0.1, 0.15) is 17.5 Å². The van der Waals surface area contributed by atoms with Crippen LogP contribution in [-0.4, -0.2) is 76.9 Å². The van der Waals surface area contributed by atoms with E-state index in [0.29, 0.717) is 44.7 Å². The van der Waals surface area contributed by atoms with Crippen LogP contribution in [0.4, 0.5) is 23.8 Å². The molecular weight excluding hydrogens is 455 g/mol. The van der Waals surface area contributed by atoms with Crippen LogP contribution >= 0.6 is 0 Å². The second kappa shape index (κ2) is 10.3. The Hall–Kier alpha value is -2.63. The molecule has 2 saturated heterocycles. The Labute approximate surface area is 197 Å². The minimum absolute atomic E-state index is 0.0390. The quantitative estimate of drug-likeness (QED) is 0.659. The second-order valence-electron chi connectivity index (χ2n) is 9.67. The zero-order valence-corrected chi connectivity index (χ0v) is 19.9. The molecule has 1 unspecified atom stereocenters. The maximum Gasteiger partial charge on any atom is 0.434 e. The van der Waals surface area contributed by atoms with Crippen LogP contribution in [-0.2, 0) is 20.4 Å². The molecule has 0 radical (unpaired) electrons. The number of nitrogens with zero attached hydrogens (tertiary/aromatic N) is 4. The number of amides is 2. The molecular formula is C22H32F3N5O4. The summed E-state index contributed by atoms with van der Waals surface area (Å²) in [5.41, 5.74) is -1.61. The lowest BCUT2D eigenvalue weighted by Crippen LogP contribution is -2.47. The van der Waals surface area contributed by atoms with Gasteiger partial charge in [-0.05, 0) is 40.5 Å². The van der Waals surface area contributed by atoms with Crippen molar-refractivity contribution in [3.63, 3.8) is 0 Å². The number of carbonyl (C=O) groups is 2. The predicted molar refractivity (Wildman–Crippen MR) is 117 cm³/mol. The number of alkyl halides is 3. The molecule has 2 amide bonds. The Kier molecular flexibility index (Phi) is 7.89. The van der Waals surface area contributed by atoms with Crippen LogP contribution in [0.25, 0.3) is 0 Å². The summed E-state index contributed by atoms with van der Waals surface area (Å²) in [7, 11) is 0. The maximum atomic E-state index is 12.9. The third-order valence-corrected chi connectivity index (χ3v) is 5.66. The number of hydrogen-bond donors (Lipinski definition) is 1. The van der Waals surface area contributed by atoms with E-state index in [-0.39, 0.29) is 24.6 Å². The van der Waals surface area contributed by atoms with Gasteiger partial charge in [-0.15, -0.1) is 0 Å². The van der Waals surface area contributed by atoms with E-state index in [9.17, 15) is 22.8 Å². The second-order valence-corrected chi connectivity index (χ2v) is 9.67. The first-order valence-electron chi connectivity index (χ1n) is 11.4. The van der Waals surface area contributed by atoms with E-state index in [2.05, 4.69) is 15.3 Å². The Morgan fingerprint density at radius 3 is 2.38 bits per heavy atom. The molecule has 190 valence electrons. The number of hydrogen-bond acceptors (Lipinski definition) is 7. The fraction of sp³-hybridized carbons (Fsp3) is 0.727. The monoisotopic (exact) mass is 487 g/mol. The molecule has 0 saturated carbocycles. The summed E-state index contributed by atoms with van der Waals surface area (Å²) >= 11 is 0. The van der Waals surface area contributed by atoms with E-state index in [0.717, 1.165) is 12.4 Å². The van der Waals surface area contributed by atoms with Gasteiger partial charge in [-0.3, -0.25) is 4.79 Å². The number of likely N-dealkylation sites (tertiary alicyclic amines) is 1. The molecule has 2 aliphatic heterocycles. The van der Waals surface area contributed by atoms with Crippen molar-refractivity contribution in [1.82, 2.24) is 20.2 Å². The summed E-state index contributed by atoms with van der Waals surface area (Å²) < 4.78 is 49.0. The van der Waals surface area contributed by atoms with Gasteiger partial charge in [-0.25, -0.2) is 14.8 Å². The lowest BCUT2D eigenvalue weighted by atomic mass is 10.0. The SMILES string of the molecule is C[C@@H](COC1CCN(C2CCN(c3cnc(C(F)(F)F)cn3)CC2)C1=O)NC(=O)OC(C)(C)C. The van der Waals surface area contributed by atoms with Crippen LogP contribution in [0.5, 0.6) is 0 Å². The Bertz CT molecular complexity index is 852. The average Bonchev–Trinajstić information content (AvgIpc) is 3.11. The van der Waals surface area contributed by atoms with Crippen LogP contribution < -0.4 is 10.2 Å².